The summed E-state index contributed by atoms with van der Waals surface area (Å²) in [6.07, 6.45) is 0. The maximum absolute atomic E-state index is 12.0. The van der Waals surface area contributed by atoms with E-state index in [4.69, 9.17) is 21.1 Å². The van der Waals surface area contributed by atoms with Gasteiger partial charge in [-0.15, -0.1) is 0 Å². The molecule has 0 aliphatic heterocycles. The van der Waals surface area contributed by atoms with Crippen LogP contribution < -0.4 is 9.46 Å². The highest BCUT2D eigenvalue weighted by Crippen LogP contribution is 2.23. The summed E-state index contributed by atoms with van der Waals surface area (Å²) in [5.74, 6) is 5.78. The van der Waals surface area contributed by atoms with E-state index in [-0.39, 0.29) is 11.5 Å². The monoisotopic (exact) mass is 449 g/mol. The lowest BCUT2D eigenvalue weighted by Gasteiger charge is -2.19. The van der Waals surface area contributed by atoms with Crippen LogP contribution in [0.15, 0.2) is 41.3 Å². The molecule has 160 valence electrons. The molecule has 0 heterocycles. The zero-order chi connectivity index (χ0) is 22.5. The number of hydrogen-bond acceptors (Lipinski definition) is 5. The van der Waals surface area contributed by atoms with Gasteiger partial charge in [0, 0.05) is 10.6 Å². The highest BCUT2D eigenvalue weighted by molar-refractivity contribution is 7.89. The van der Waals surface area contributed by atoms with Gasteiger partial charge in [0.05, 0.1) is 10.5 Å². The number of halogens is 1. The van der Waals surface area contributed by atoms with Crippen molar-refractivity contribution in [1.29, 1.82) is 0 Å². The van der Waals surface area contributed by atoms with Crippen molar-refractivity contribution in [2.24, 2.45) is 0 Å². The molecule has 8 heteroatoms. The molecule has 0 aliphatic carbocycles. The van der Waals surface area contributed by atoms with Crippen LogP contribution in [0, 0.1) is 18.8 Å². The molecule has 0 aromatic heterocycles. The SMILES string of the molecule is CNS(=O)(=O)c1ccc(C)c(C#Cc2cc(Cl)ccc2OCC(=O)OC(C)(C)C)c1. The van der Waals surface area contributed by atoms with Crippen molar-refractivity contribution in [2.45, 2.75) is 38.2 Å². The zero-order valence-electron chi connectivity index (χ0n) is 17.5. The summed E-state index contributed by atoms with van der Waals surface area (Å²) in [4.78, 5) is 12.0. The van der Waals surface area contributed by atoms with Gasteiger partial charge in [0.15, 0.2) is 6.61 Å². The summed E-state index contributed by atoms with van der Waals surface area (Å²) >= 11 is 6.08. The van der Waals surface area contributed by atoms with Crippen molar-refractivity contribution >= 4 is 27.6 Å². The van der Waals surface area contributed by atoms with E-state index in [0.29, 0.717) is 21.9 Å². The molecule has 0 bridgehead atoms. The summed E-state index contributed by atoms with van der Waals surface area (Å²) in [5, 5.41) is 0.451. The Morgan fingerprint density at radius 2 is 1.77 bits per heavy atom. The molecule has 0 saturated heterocycles. The standard InChI is InChI=1S/C22H24ClNO5S/c1-15-6-10-19(30(26,27)24-5)13-16(15)7-8-17-12-18(23)9-11-20(17)28-14-21(25)29-22(2,3)4/h6,9-13,24H,14H2,1-5H3. The van der Waals surface area contributed by atoms with Gasteiger partial charge in [0.2, 0.25) is 10.0 Å². The Morgan fingerprint density at radius 3 is 2.40 bits per heavy atom. The van der Waals surface area contributed by atoms with E-state index in [0.717, 1.165) is 5.56 Å². The number of sulfonamides is 1. The average molecular weight is 450 g/mol. The first-order valence-corrected chi connectivity index (χ1v) is 11.0. The lowest BCUT2D eigenvalue weighted by molar-refractivity contribution is -0.157. The van der Waals surface area contributed by atoms with Crippen molar-refractivity contribution in [3.63, 3.8) is 0 Å². The molecule has 0 spiro atoms. The number of benzene rings is 2. The van der Waals surface area contributed by atoms with Crippen molar-refractivity contribution in [2.75, 3.05) is 13.7 Å². The molecule has 2 aromatic rings. The summed E-state index contributed by atoms with van der Waals surface area (Å²) in [6.45, 7) is 6.87. The Hall–Kier alpha value is -2.53. The number of ether oxygens (including phenoxy) is 2. The fraction of sp³-hybridized carbons (Fsp3) is 0.318. The van der Waals surface area contributed by atoms with E-state index < -0.39 is 21.6 Å². The number of nitrogens with one attached hydrogen (secondary N) is 1. The number of rotatable bonds is 5. The van der Waals surface area contributed by atoms with Crippen molar-refractivity contribution < 1.29 is 22.7 Å². The lowest BCUT2D eigenvalue weighted by Crippen LogP contribution is -2.27. The van der Waals surface area contributed by atoms with E-state index in [1.807, 2.05) is 6.92 Å². The number of carbonyl (C=O) groups excluding carboxylic acids is 1. The maximum atomic E-state index is 12.0. The van der Waals surface area contributed by atoms with Crippen LogP contribution in [0.3, 0.4) is 0 Å². The van der Waals surface area contributed by atoms with Crippen LogP contribution in [-0.4, -0.2) is 33.6 Å². The Morgan fingerprint density at radius 1 is 1.10 bits per heavy atom. The van der Waals surface area contributed by atoms with E-state index in [9.17, 15) is 13.2 Å². The molecule has 0 aliphatic rings. The molecule has 0 fully saturated rings. The molecular formula is C22H24ClNO5S. The third-order valence-electron chi connectivity index (χ3n) is 3.83. The zero-order valence-corrected chi connectivity index (χ0v) is 19.1. The van der Waals surface area contributed by atoms with Crippen molar-refractivity contribution in [3.8, 4) is 17.6 Å². The molecule has 6 nitrogen and oxygen atoms in total. The molecule has 0 radical (unpaired) electrons. The molecule has 2 aromatic carbocycles. The van der Waals surface area contributed by atoms with Gasteiger partial charge in [-0.2, -0.15) is 0 Å². The second kappa shape index (κ2) is 9.52. The predicted octanol–water partition coefficient (Wildman–Crippen LogP) is 3.68. The smallest absolute Gasteiger partial charge is 0.344 e. The van der Waals surface area contributed by atoms with Crippen LogP contribution in [0.4, 0.5) is 0 Å². The van der Waals surface area contributed by atoms with E-state index in [1.54, 1.807) is 45.0 Å². The fourth-order valence-electron chi connectivity index (χ4n) is 2.39. The molecule has 0 unspecified atom stereocenters. The van der Waals surface area contributed by atoms with E-state index >= 15 is 0 Å². The first-order valence-electron chi connectivity index (χ1n) is 9.12. The largest absolute Gasteiger partial charge is 0.481 e. The molecule has 0 amide bonds. The molecular weight excluding hydrogens is 426 g/mol. The van der Waals surface area contributed by atoms with Crippen LogP contribution in [-0.2, 0) is 19.6 Å². The summed E-state index contributed by atoms with van der Waals surface area (Å²) in [6, 6.07) is 9.56. The Bertz CT molecular complexity index is 1110. The summed E-state index contributed by atoms with van der Waals surface area (Å²) in [5.41, 5.74) is 1.21. The quantitative estimate of drug-likeness (QED) is 0.556. The molecule has 0 saturated carbocycles. The second-order valence-electron chi connectivity index (χ2n) is 7.45. The van der Waals surface area contributed by atoms with Gasteiger partial charge in [-0.25, -0.2) is 17.9 Å². The van der Waals surface area contributed by atoms with Crippen LogP contribution in [0.5, 0.6) is 5.75 Å². The molecule has 1 N–H and O–H groups in total. The average Bonchev–Trinajstić information content (AvgIpc) is 2.65. The molecule has 30 heavy (non-hydrogen) atoms. The van der Waals surface area contributed by atoms with Gasteiger partial charge in [-0.1, -0.05) is 29.5 Å². The third-order valence-corrected chi connectivity index (χ3v) is 5.47. The first kappa shape index (κ1) is 23.7. The highest BCUT2D eigenvalue weighted by Gasteiger charge is 2.17. The number of carbonyl (C=O) groups is 1. The van der Waals surface area contributed by atoms with Gasteiger partial charge in [0.25, 0.3) is 0 Å². The lowest BCUT2D eigenvalue weighted by atomic mass is 10.1. The Labute approximate surface area is 182 Å². The van der Waals surface area contributed by atoms with Gasteiger partial charge in [-0.05, 0) is 70.6 Å². The number of hydrogen-bond donors (Lipinski definition) is 1. The predicted molar refractivity (Wildman–Crippen MR) is 116 cm³/mol. The Kier molecular flexibility index (Phi) is 7.54. The van der Waals surface area contributed by atoms with Gasteiger partial charge in [0.1, 0.15) is 11.4 Å². The highest BCUT2D eigenvalue weighted by atomic mass is 35.5. The third kappa shape index (κ3) is 6.77. The van der Waals surface area contributed by atoms with Crippen LogP contribution in [0.25, 0.3) is 0 Å². The van der Waals surface area contributed by atoms with Crippen LogP contribution >= 0.6 is 11.6 Å². The first-order chi connectivity index (χ1) is 13.9. The van der Waals surface area contributed by atoms with Crippen molar-refractivity contribution in [1.82, 2.24) is 4.72 Å². The van der Waals surface area contributed by atoms with Gasteiger partial charge < -0.3 is 9.47 Å². The number of esters is 1. The van der Waals surface area contributed by atoms with E-state index in [1.165, 1.54) is 19.2 Å². The minimum absolute atomic E-state index is 0.118. The minimum Gasteiger partial charge on any atom is -0.481 e. The van der Waals surface area contributed by atoms with Gasteiger partial charge in [-0.3, -0.25) is 0 Å². The summed E-state index contributed by atoms with van der Waals surface area (Å²) < 4.78 is 37.2. The van der Waals surface area contributed by atoms with Gasteiger partial charge >= 0.3 is 5.97 Å². The van der Waals surface area contributed by atoms with Crippen LogP contribution in [0.1, 0.15) is 37.5 Å². The fourth-order valence-corrected chi connectivity index (χ4v) is 3.32. The number of aryl methyl sites for hydroxylation is 1. The maximum Gasteiger partial charge on any atom is 0.344 e. The Balaban J connectivity index is 2.33. The topological polar surface area (TPSA) is 81.7 Å². The van der Waals surface area contributed by atoms with Crippen molar-refractivity contribution in [3.05, 3.63) is 58.1 Å². The minimum atomic E-state index is -3.58. The normalized spacial score (nSPS) is 11.4. The second-order valence-corrected chi connectivity index (χ2v) is 9.77. The van der Waals surface area contributed by atoms with Crippen LogP contribution in [0.2, 0.25) is 5.02 Å². The molecule has 0 atom stereocenters. The van der Waals surface area contributed by atoms with E-state index in [2.05, 4.69) is 16.6 Å². The molecule has 2 rings (SSSR count). The summed E-state index contributed by atoms with van der Waals surface area (Å²) in [7, 11) is -2.24.